The molecule has 0 aliphatic carbocycles. The fourth-order valence-corrected chi connectivity index (χ4v) is 3.16. The van der Waals surface area contributed by atoms with E-state index in [0.29, 0.717) is 19.5 Å². The molecule has 0 bridgehead atoms. The maximum absolute atomic E-state index is 13.2. The summed E-state index contributed by atoms with van der Waals surface area (Å²) in [4.78, 5) is 17.1. The van der Waals surface area contributed by atoms with Gasteiger partial charge in [-0.25, -0.2) is 0 Å². The number of anilines is 1. The summed E-state index contributed by atoms with van der Waals surface area (Å²) < 4.78 is 0. The van der Waals surface area contributed by atoms with E-state index in [-0.39, 0.29) is 11.9 Å². The van der Waals surface area contributed by atoms with E-state index in [2.05, 4.69) is 43.0 Å². The van der Waals surface area contributed by atoms with Crippen molar-refractivity contribution in [3.05, 3.63) is 65.2 Å². The topological polar surface area (TPSA) is 47.3 Å². The molecular formula is C23H29N3O. The molecule has 4 nitrogen and oxygen atoms in total. The third-order valence-electron chi connectivity index (χ3n) is 4.56. The van der Waals surface area contributed by atoms with Gasteiger partial charge >= 0.3 is 0 Å². The number of hydrogen-bond acceptors (Lipinski definition) is 3. The molecule has 0 saturated carbocycles. The molecule has 2 aromatic carbocycles. The highest BCUT2D eigenvalue weighted by atomic mass is 16.2. The summed E-state index contributed by atoms with van der Waals surface area (Å²) in [7, 11) is 0. The monoisotopic (exact) mass is 363 g/mol. The number of nitriles is 1. The summed E-state index contributed by atoms with van der Waals surface area (Å²) in [5.74, 6) is 0.0277. The molecule has 0 fully saturated rings. The van der Waals surface area contributed by atoms with Gasteiger partial charge < -0.3 is 4.90 Å². The highest BCUT2D eigenvalue weighted by molar-refractivity contribution is 5.95. The second-order valence-corrected chi connectivity index (χ2v) is 7.28. The van der Waals surface area contributed by atoms with Crippen molar-refractivity contribution < 1.29 is 4.79 Å². The number of amides is 1. The van der Waals surface area contributed by atoms with Crippen LogP contribution in [0.5, 0.6) is 0 Å². The van der Waals surface area contributed by atoms with Gasteiger partial charge in [-0.1, -0.05) is 36.4 Å². The lowest BCUT2D eigenvalue weighted by Gasteiger charge is -2.30. The summed E-state index contributed by atoms with van der Waals surface area (Å²) in [5, 5.41) is 9.02. The summed E-state index contributed by atoms with van der Waals surface area (Å²) in [6.07, 6.45) is 0.319. The standard InChI is InChI=1S/C23H29N3O/c1-18(2)25(16-21-9-6-5-7-10-21)17-23(27)26(12-8-11-24)22-14-19(3)13-20(4)15-22/h5-7,9-10,13-15,18H,8,12,16-17H2,1-4H3. The molecule has 1 amide bonds. The summed E-state index contributed by atoms with van der Waals surface area (Å²) >= 11 is 0. The first-order valence-electron chi connectivity index (χ1n) is 9.44. The molecule has 0 aliphatic heterocycles. The summed E-state index contributed by atoms with van der Waals surface area (Å²) in [6.45, 7) is 9.72. The lowest BCUT2D eigenvalue weighted by Crippen LogP contribution is -2.43. The Morgan fingerprint density at radius 1 is 1.07 bits per heavy atom. The van der Waals surface area contributed by atoms with E-state index < -0.39 is 0 Å². The molecule has 0 saturated heterocycles. The van der Waals surface area contributed by atoms with Gasteiger partial charge in [0, 0.05) is 24.8 Å². The number of carbonyl (C=O) groups excluding carboxylic acids is 1. The van der Waals surface area contributed by atoms with Crippen LogP contribution in [-0.4, -0.2) is 29.9 Å². The summed E-state index contributed by atoms with van der Waals surface area (Å²) in [5.41, 5.74) is 4.29. The maximum atomic E-state index is 13.2. The molecule has 0 aliphatic rings. The third-order valence-corrected chi connectivity index (χ3v) is 4.56. The van der Waals surface area contributed by atoms with Crippen LogP contribution in [0.1, 0.15) is 37.0 Å². The number of benzene rings is 2. The summed E-state index contributed by atoms with van der Waals surface area (Å²) in [6, 6.07) is 18.7. The highest BCUT2D eigenvalue weighted by Crippen LogP contribution is 2.20. The van der Waals surface area contributed by atoms with Gasteiger partial charge in [-0.05, 0) is 56.5 Å². The van der Waals surface area contributed by atoms with Crippen LogP contribution in [0.4, 0.5) is 5.69 Å². The van der Waals surface area contributed by atoms with Crippen molar-refractivity contribution in [2.75, 3.05) is 18.0 Å². The van der Waals surface area contributed by atoms with Gasteiger partial charge in [-0.2, -0.15) is 5.26 Å². The van der Waals surface area contributed by atoms with Crippen molar-refractivity contribution in [2.45, 2.75) is 46.7 Å². The minimum atomic E-state index is 0.0277. The number of nitrogens with zero attached hydrogens (tertiary/aromatic N) is 3. The molecule has 2 aromatic rings. The molecule has 0 unspecified atom stereocenters. The zero-order chi connectivity index (χ0) is 19.8. The Bertz CT molecular complexity index is 773. The van der Waals surface area contributed by atoms with E-state index in [1.165, 1.54) is 5.56 Å². The van der Waals surface area contributed by atoms with Crippen LogP contribution in [-0.2, 0) is 11.3 Å². The predicted molar refractivity (Wildman–Crippen MR) is 110 cm³/mol. The van der Waals surface area contributed by atoms with Gasteiger partial charge in [0.1, 0.15) is 0 Å². The van der Waals surface area contributed by atoms with E-state index in [4.69, 9.17) is 5.26 Å². The quantitative estimate of drug-likeness (QED) is 0.696. The zero-order valence-corrected chi connectivity index (χ0v) is 16.8. The van der Waals surface area contributed by atoms with E-state index >= 15 is 0 Å². The van der Waals surface area contributed by atoms with Crippen LogP contribution < -0.4 is 4.90 Å². The Morgan fingerprint density at radius 2 is 1.70 bits per heavy atom. The molecule has 0 aromatic heterocycles. The average Bonchev–Trinajstić information content (AvgIpc) is 2.61. The Balaban J connectivity index is 2.21. The lowest BCUT2D eigenvalue weighted by atomic mass is 10.1. The highest BCUT2D eigenvalue weighted by Gasteiger charge is 2.21. The second kappa shape index (κ2) is 9.89. The van der Waals surface area contributed by atoms with Crippen molar-refractivity contribution in [1.29, 1.82) is 5.26 Å². The fraction of sp³-hybridized carbons (Fsp3) is 0.391. The number of carbonyl (C=O) groups is 1. The van der Waals surface area contributed by atoms with Crippen LogP contribution in [0.2, 0.25) is 0 Å². The minimum Gasteiger partial charge on any atom is -0.310 e. The average molecular weight is 364 g/mol. The van der Waals surface area contributed by atoms with E-state index in [1.807, 2.05) is 44.2 Å². The molecule has 0 spiro atoms. The van der Waals surface area contributed by atoms with Crippen LogP contribution in [0.25, 0.3) is 0 Å². The van der Waals surface area contributed by atoms with Gasteiger partial charge in [0.15, 0.2) is 0 Å². The third kappa shape index (κ3) is 6.23. The lowest BCUT2D eigenvalue weighted by molar-refractivity contribution is -0.120. The van der Waals surface area contributed by atoms with Crippen molar-refractivity contribution >= 4 is 11.6 Å². The molecule has 2 rings (SSSR count). The predicted octanol–water partition coefficient (Wildman–Crippen LogP) is 4.46. The first-order chi connectivity index (χ1) is 12.9. The molecule has 4 heteroatoms. The van der Waals surface area contributed by atoms with E-state index in [9.17, 15) is 4.79 Å². The largest absolute Gasteiger partial charge is 0.310 e. The first-order valence-corrected chi connectivity index (χ1v) is 9.44. The van der Waals surface area contributed by atoms with Gasteiger partial charge in [-0.3, -0.25) is 9.69 Å². The van der Waals surface area contributed by atoms with Crippen molar-refractivity contribution in [1.82, 2.24) is 4.90 Å². The molecule has 0 heterocycles. The van der Waals surface area contributed by atoms with E-state index in [1.54, 1.807) is 4.90 Å². The number of hydrogen-bond donors (Lipinski definition) is 0. The second-order valence-electron chi connectivity index (χ2n) is 7.28. The molecule has 0 radical (unpaired) electrons. The molecule has 142 valence electrons. The van der Waals surface area contributed by atoms with E-state index in [0.717, 1.165) is 23.4 Å². The molecular weight excluding hydrogens is 334 g/mol. The Morgan fingerprint density at radius 3 is 2.26 bits per heavy atom. The Hall–Kier alpha value is -2.64. The van der Waals surface area contributed by atoms with Crippen molar-refractivity contribution in [3.63, 3.8) is 0 Å². The molecule has 0 atom stereocenters. The Kier molecular flexibility index (Phi) is 7.57. The van der Waals surface area contributed by atoms with Crippen LogP contribution >= 0.6 is 0 Å². The van der Waals surface area contributed by atoms with Crippen LogP contribution in [0, 0.1) is 25.2 Å². The van der Waals surface area contributed by atoms with Gasteiger partial charge in [0.05, 0.1) is 19.0 Å². The molecule has 27 heavy (non-hydrogen) atoms. The first kappa shape index (κ1) is 20.7. The van der Waals surface area contributed by atoms with Crippen molar-refractivity contribution in [3.8, 4) is 6.07 Å². The Labute approximate surface area is 163 Å². The normalized spacial score (nSPS) is 10.9. The van der Waals surface area contributed by atoms with Crippen LogP contribution in [0.15, 0.2) is 48.5 Å². The maximum Gasteiger partial charge on any atom is 0.241 e. The smallest absolute Gasteiger partial charge is 0.241 e. The minimum absolute atomic E-state index is 0.0277. The fourth-order valence-electron chi connectivity index (χ4n) is 3.16. The number of rotatable bonds is 8. The van der Waals surface area contributed by atoms with Crippen LogP contribution in [0.3, 0.4) is 0 Å². The SMILES string of the molecule is Cc1cc(C)cc(N(CCC#N)C(=O)CN(Cc2ccccc2)C(C)C)c1. The zero-order valence-electron chi connectivity index (χ0n) is 16.8. The van der Waals surface area contributed by atoms with Gasteiger partial charge in [-0.15, -0.1) is 0 Å². The van der Waals surface area contributed by atoms with Gasteiger partial charge in [0.2, 0.25) is 5.91 Å². The van der Waals surface area contributed by atoms with Gasteiger partial charge in [0.25, 0.3) is 0 Å². The molecule has 0 N–H and O–H groups in total. The van der Waals surface area contributed by atoms with Crippen molar-refractivity contribution in [2.24, 2.45) is 0 Å². The number of aryl methyl sites for hydroxylation is 2.